The zero-order valence-electron chi connectivity index (χ0n) is 6.57. The topological polar surface area (TPSA) is 37.3 Å². The quantitative estimate of drug-likeness (QED) is 0.688. The van der Waals surface area contributed by atoms with Gasteiger partial charge in [0.05, 0.1) is 5.56 Å². The van der Waals surface area contributed by atoms with Crippen LogP contribution in [0.15, 0.2) is 6.07 Å². The molecule has 5 heteroatoms. The summed E-state index contributed by atoms with van der Waals surface area (Å²) >= 11 is 0. The first-order valence-electron chi connectivity index (χ1n) is 3.32. The SMILES string of the molecule is Cc1cc(C(=O)O)c(F)c(F)c1F. The molecule has 1 aromatic rings. The Balaban J connectivity index is 3.50. The minimum absolute atomic E-state index is 0.240. The lowest BCUT2D eigenvalue weighted by Crippen LogP contribution is -2.06. The first-order valence-corrected chi connectivity index (χ1v) is 3.32. The summed E-state index contributed by atoms with van der Waals surface area (Å²) in [4.78, 5) is 10.3. The summed E-state index contributed by atoms with van der Waals surface area (Å²) in [5.41, 5.74) is -1.10. The Morgan fingerprint density at radius 3 is 2.23 bits per heavy atom. The van der Waals surface area contributed by atoms with Gasteiger partial charge in [-0.3, -0.25) is 0 Å². The van der Waals surface area contributed by atoms with Gasteiger partial charge in [-0.15, -0.1) is 0 Å². The second-order valence-electron chi connectivity index (χ2n) is 2.49. The van der Waals surface area contributed by atoms with Crippen molar-refractivity contribution in [3.05, 3.63) is 34.6 Å². The van der Waals surface area contributed by atoms with E-state index in [1.165, 1.54) is 0 Å². The summed E-state index contributed by atoms with van der Waals surface area (Å²) in [6, 6.07) is 0.746. The highest BCUT2D eigenvalue weighted by atomic mass is 19.2. The average Bonchev–Trinajstić information content (AvgIpc) is 2.07. The maximum absolute atomic E-state index is 12.7. The fourth-order valence-corrected chi connectivity index (χ4v) is 0.887. The normalized spacial score (nSPS) is 10.2. The van der Waals surface area contributed by atoms with Crippen molar-refractivity contribution in [3.8, 4) is 0 Å². The number of rotatable bonds is 1. The monoisotopic (exact) mass is 190 g/mol. The van der Waals surface area contributed by atoms with E-state index < -0.39 is 29.0 Å². The molecule has 0 amide bonds. The summed E-state index contributed by atoms with van der Waals surface area (Å²) in [6.07, 6.45) is 0. The molecule has 1 aromatic carbocycles. The highest BCUT2D eigenvalue weighted by Gasteiger charge is 2.20. The molecule has 0 heterocycles. The number of carbonyl (C=O) groups is 1. The number of aryl methyl sites for hydroxylation is 1. The summed E-state index contributed by atoms with van der Waals surface area (Å²) in [6.45, 7) is 1.16. The van der Waals surface area contributed by atoms with E-state index in [0.717, 1.165) is 13.0 Å². The van der Waals surface area contributed by atoms with E-state index in [9.17, 15) is 18.0 Å². The van der Waals surface area contributed by atoms with Crippen LogP contribution in [0.5, 0.6) is 0 Å². The molecule has 0 unspecified atom stereocenters. The fraction of sp³-hybridized carbons (Fsp3) is 0.125. The van der Waals surface area contributed by atoms with Gasteiger partial charge < -0.3 is 5.11 Å². The third kappa shape index (κ3) is 1.49. The maximum Gasteiger partial charge on any atom is 0.338 e. The van der Waals surface area contributed by atoms with Crippen LogP contribution < -0.4 is 0 Å². The third-order valence-corrected chi connectivity index (χ3v) is 1.56. The van der Waals surface area contributed by atoms with Gasteiger partial charge in [-0.2, -0.15) is 0 Å². The van der Waals surface area contributed by atoms with Crippen LogP contribution >= 0.6 is 0 Å². The molecule has 0 fully saturated rings. The highest BCUT2D eigenvalue weighted by molar-refractivity contribution is 5.88. The number of carboxylic acid groups (broad SMARTS) is 1. The predicted molar refractivity (Wildman–Crippen MR) is 38.0 cm³/mol. The zero-order valence-corrected chi connectivity index (χ0v) is 6.57. The van der Waals surface area contributed by atoms with E-state index in [1.54, 1.807) is 0 Å². The first-order chi connectivity index (χ1) is 5.95. The van der Waals surface area contributed by atoms with E-state index in [0.29, 0.717) is 0 Å². The molecule has 0 saturated heterocycles. The van der Waals surface area contributed by atoms with Crippen molar-refractivity contribution in [2.24, 2.45) is 0 Å². The molecule has 0 radical (unpaired) electrons. The van der Waals surface area contributed by atoms with Gasteiger partial charge in [0.2, 0.25) is 0 Å². The highest BCUT2D eigenvalue weighted by Crippen LogP contribution is 2.18. The molecule has 0 aliphatic carbocycles. The largest absolute Gasteiger partial charge is 0.478 e. The minimum Gasteiger partial charge on any atom is -0.478 e. The molecular weight excluding hydrogens is 185 g/mol. The van der Waals surface area contributed by atoms with Crippen LogP contribution in [-0.2, 0) is 0 Å². The van der Waals surface area contributed by atoms with Gasteiger partial charge in [-0.25, -0.2) is 18.0 Å². The molecule has 0 aliphatic rings. The molecule has 0 spiro atoms. The Labute approximate surface area is 71.6 Å². The molecule has 0 aliphatic heterocycles. The number of halogens is 3. The van der Waals surface area contributed by atoms with Crippen LogP contribution in [-0.4, -0.2) is 11.1 Å². The van der Waals surface area contributed by atoms with Gasteiger partial charge in [0.25, 0.3) is 0 Å². The molecule has 0 atom stereocenters. The molecule has 70 valence electrons. The van der Waals surface area contributed by atoms with E-state index in [-0.39, 0.29) is 5.56 Å². The van der Waals surface area contributed by atoms with Crippen molar-refractivity contribution in [1.29, 1.82) is 0 Å². The summed E-state index contributed by atoms with van der Waals surface area (Å²) in [5, 5.41) is 8.38. The van der Waals surface area contributed by atoms with Crippen LogP contribution in [0.3, 0.4) is 0 Å². The van der Waals surface area contributed by atoms with E-state index >= 15 is 0 Å². The molecular formula is C8H5F3O2. The van der Waals surface area contributed by atoms with Crippen LogP contribution in [0.2, 0.25) is 0 Å². The maximum atomic E-state index is 12.7. The van der Waals surface area contributed by atoms with Crippen molar-refractivity contribution >= 4 is 5.97 Å². The van der Waals surface area contributed by atoms with Crippen LogP contribution in [0.4, 0.5) is 13.2 Å². The first kappa shape index (κ1) is 9.57. The molecule has 0 saturated carbocycles. The van der Waals surface area contributed by atoms with E-state index in [2.05, 4.69) is 0 Å². The predicted octanol–water partition coefficient (Wildman–Crippen LogP) is 2.11. The number of hydrogen-bond donors (Lipinski definition) is 1. The van der Waals surface area contributed by atoms with E-state index in [4.69, 9.17) is 5.11 Å². The average molecular weight is 190 g/mol. The fourth-order valence-electron chi connectivity index (χ4n) is 0.887. The van der Waals surface area contributed by atoms with Crippen molar-refractivity contribution in [2.45, 2.75) is 6.92 Å². The molecule has 0 bridgehead atoms. The second-order valence-corrected chi connectivity index (χ2v) is 2.49. The Bertz CT molecular complexity index is 374. The van der Waals surface area contributed by atoms with Gasteiger partial charge in [-0.05, 0) is 18.6 Å². The molecule has 1 rings (SSSR count). The van der Waals surface area contributed by atoms with Gasteiger partial charge in [-0.1, -0.05) is 0 Å². The summed E-state index contributed by atoms with van der Waals surface area (Å²) < 4.78 is 37.9. The Hall–Kier alpha value is -1.52. The summed E-state index contributed by atoms with van der Waals surface area (Å²) in [5.74, 6) is -6.41. The van der Waals surface area contributed by atoms with Gasteiger partial charge in [0.1, 0.15) is 0 Å². The standard InChI is InChI=1S/C8H5F3O2/c1-3-2-4(8(12)13)6(10)7(11)5(3)9/h2H,1H3,(H,12,13). The Morgan fingerprint density at radius 2 is 1.77 bits per heavy atom. The second kappa shape index (κ2) is 3.08. The third-order valence-electron chi connectivity index (χ3n) is 1.56. The van der Waals surface area contributed by atoms with Crippen LogP contribution in [0.1, 0.15) is 15.9 Å². The van der Waals surface area contributed by atoms with Crippen molar-refractivity contribution < 1.29 is 23.1 Å². The van der Waals surface area contributed by atoms with Crippen molar-refractivity contribution in [3.63, 3.8) is 0 Å². The van der Waals surface area contributed by atoms with Crippen LogP contribution in [0.25, 0.3) is 0 Å². The number of aromatic carboxylic acids is 1. The van der Waals surface area contributed by atoms with Crippen molar-refractivity contribution in [2.75, 3.05) is 0 Å². The van der Waals surface area contributed by atoms with Gasteiger partial charge in [0.15, 0.2) is 17.5 Å². The van der Waals surface area contributed by atoms with Crippen molar-refractivity contribution in [1.82, 2.24) is 0 Å². The number of benzene rings is 1. The smallest absolute Gasteiger partial charge is 0.338 e. The zero-order chi connectivity index (χ0) is 10.2. The number of hydrogen-bond acceptors (Lipinski definition) is 1. The molecule has 13 heavy (non-hydrogen) atoms. The summed E-state index contributed by atoms with van der Waals surface area (Å²) in [7, 11) is 0. The lowest BCUT2D eigenvalue weighted by atomic mass is 10.1. The minimum atomic E-state index is -1.75. The lowest BCUT2D eigenvalue weighted by Gasteiger charge is -2.02. The molecule has 1 N–H and O–H groups in total. The van der Waals surface area contributed by atoms with E-state index in [1.807, 2.05) is 0 Å². The molecule has 0 aromatic heterocycles. The molecule has 2 nitrogen and oxygen atoms in total. The Kier molecular flexibility index (Phi) is 2.27. The van der Waals surface area contributed by atoms with Gasteiger partial charge >= 0.3 is 5.97 Å². The lowest BCUT2D eigenvalue weighted by molar-refractivity contribution is 0.0690. The van der Waals surface area contributed by atoms with Crippen LogP contribution in [0, 0.1) is 24.4 Å². The number of carboxylic acids is 1. The Morgan fingerprint density at radius 1 is 1.23 bits per heavy atom. The van der Waals surface area contributed by atoms with Gasteiger partial charge in [0, 0.05) is 0 Å².